The van der Waals surface area contributed by atoms with E-state index in [0.29, 0.717) is 34.9 Å². The second-order valence-corrected chi connectivity index (χ2v) is 5.40. The fourth-order valence-electron chi connectivity index (χ4n) is 2.59. The van der Waals surface area contributed by atoms with Gasteiger partial charge in [-0.1, -0.05) is 18.2 Å². The third-order valence-corrected chi connectivity index (χ3v) is 3.77. The minimum Gasteiger partial charge on any atom is -0.496 e. The second kappa shape index (κ2) is 6.16. The van der Waals surface area contributed by atoms with Gasteiger partial charge in [-0.25, -0.2) is 15.0 Å². The van der Waals surface area contributed by atoms with Crippen LogP contribution < -0.4 is 10.5 Å². The number of aromatic nitrogens is 6. The molecule has 8 nitrogen and oxygen atoms in total. The number of nitrogen functional groups attached to an aromatic ring is 1. The highest BCUT2D eigenvalue weighted by atomic mass is 16.5. The summed E-state index contributed by atoms with van der Waals surface area (Å²) in [7, 11) is 1.65. The van der Waals surface area contributed by atoms with Crippen molar-refractivity contribution in [3.63, 3.8) is 0 Å². The molecule has 0 aliphatic heterocycles. The maximum absolute atomic E-state index is 6.08. The zero-order valence-electron chi connectivity index (χ0n) is 13.5. The highest BCUT2D eigenvalue weighted by Gasteiger charge is 2.13. The number of benzene rings is 1. The van der Waals surface area contributed by atoms with Gasteiger partial charge in [-0.2, -0.15) is 5.10 Å². The van der Waals surface area contributed by atoms with Crippen LogP contribution in [0.2, 0.25) is 0 Å². The number of methoxy groups -OCH3 is 1. The minimum atomic E-state index is 0.358. The van der Waals surface area contributed by atoms with Gasteiger partial charge in [0, 0.05) is 24.2 Å². The molecule has 0 aliphatic rings. The first-order valence-electron chi connectivity index (χ1n) is 7.63. The van der Waals surface area contributed by atoms with E-state index in [9.17, 15) is 0 Å². The number of nitrogens with two attached hydrogens (primary N) is 1. The number of ether oxygens (including phenoxy) is 1. The van der Waals surface area contributed by atoms with Crippen LogP contribution in [0.1, 0.15) is 5.56 Å². The van der Waals surface area contributed by atoms with E-state index in [2.05, 4.69) is 25.0 Å². The molecule has 8 heteroatoms. The highest BCUT2D eigenvalue weighted by molar-refractivity contribution is 5.86. The average molecular weight is 333 g/mol. The van der Waals surface area contributed by atoms with Crippen molar-refractivity contribution in [2.45, 2.75) is 6.54 Å². The lowest BCUT2D eigenvalue weighted by Crippen LogP contribution is -2.02. The van der Waals surface area contributed by atoms with Crippen molar-refractivity contribution in [3.05, 3.63) is 54.6 Å². The molecule has 0 amide bonds. The quantitative estimate of drug-likeness (QED) is 0.608. The second-order valence-electron chi connectivity index (χ2n) is 5.40. The van der Waals surface area contributed by atoms with Crippen LogP contribution in [-0.4, -0.2) is 36.8 Å². The molecule has 4 rings (SSSR count). The predicted molar refractivity (Wildman–Crippen MR) is 92.9 cm³/mol. The summed E-state index contributed by atoms with van der Waals surface area (Å²) in [6.07, 6.45) is 6.59. The van der Waals surface area contributed by atoms with Crippen LogP contribution in [0.25, 0.3) is 22.6 Å². The Morgan fingerprint density at radius 3 is 2.84 bits per heavy atom. The zero-order chi connectivity index (χ0) is 17.2. The van der Waals surface area contributed by atoms with Gasteiger partial charge in [0.1, 0.15) is 17.3 Å². The van der Waals surface area contributed by atoms with E-state index < -0.39 is 0 Å². The number of nitrogens with zero attached hydrogens (tertiary/aromatic N) is 6. The lowest BCUT2D eigenvalue weighted by atomic mass is 10.2. The summed E-state index contributed by atoms with van der Waals surface area (Å²) in [6.45, 7) is 0.542. The summed E-state index contributed by atoms with van der Waals surface area (Å²) in [5.41, 5.74) is 8.16. The van der Waals surface area contributed by atoms with Crippen LogP contribution in [0.3, 0.4) is 0 Å². The molecule has 0 atom stereocenters. The predicted octanol–water partition coefficient (Wildman–Crippen LogP) is 1.92. The summed E-state index contributed by atoms with van der Waals surface area (Å²) < 4.78 is 7.16. The van der Waals surface area contributed by atoms with Gasteiger partial charge in [0.05, 0.1) is 25.2 Å². The summed E-state index contributed by atoms with van der Waals surface area (Å²) in [5, 5.41) is 5.21. The molecule has 0 bridgehead atoms. The molecular weight excluding hydrogens is 318 g/mol. The van der Waals surface area contributed by atoms with Crippen molar-refractivity contribution in [1.82, 2.24) is 29.7 Å². The van der Waals surface area contributed by atoms with Crippen LogP contribution >= 0.6 is 0 Å². The molecule has 3 heterocycles. The monoisotopic (exact) mass is 333 g/mol. The molecule has 0 unspecified atom stereocenters. The third-order valence-electron chi connectivity index (χ3n) is 3.77. The molecule has 0 aliphatic carbocycles. The number of fused-ring (bicyclic) bond motifs is 1. The van der Waals surface area contributed by atoms with Crippen LogP contribution in [0, 0.1) is 0 Å². The Morgan fingerprint density at radius 1 is 1.16 bits per heavy atom. The summed E-state index contributed by atoms with van der Waals surface area (Å²) in [6, 6.07) is 7.80. The Bertz CT molecular complexity index is 1030. The number of anilines is 1. The Kier molecular flexibility index (Phi) is 3.70. The van der Waals surface area contributed by atoms with E-state index >= 15 is 0 Å². The van der Waals surface area contributed by atoms with Crippen molar-refractivity contribution in [3.8, 4) is 17.3 Å². The molecule has 124 valence electrons. The molecule has 0 saturated heterocycles. The first-order chi connectivity index (χ1) is 12.2. The lowest BCUT2D eigenvalue weighted by Gasteiger charge is -2.07. The van der Waals surface area contributed by atoms with Gasteiger partial charge in [-0.3, -0.25) is 9.67 Å². The lowest BCUT2D eigenvalue weighted by molar-refractivity contribution is 0.407. The Labute approximate surface area is 143 Å². The number of hydrogen-bond acceptors (Lipinski definition) is 7. The van der Waals surface area contributed by atoms with Gasteiger partial charge in [0.2, 0.25) is 0 Å². The van der Waals surface area contributed by atoms with Gasteiger partial charge in [0.15, 0.2) is 11.5 Å². The smallest absolute Gasteiger partial charge is 0.187 e. The molecule has 1 aromatic carbocycles. The van der Waals surface area contributed by atoms with Crippen molar-refractivity contribution >= 4 is 16.9 Å². The van der Waals surface area contributed by atoms with Crippen LogP contribution in [-0.2, 0) is 6.54 Å². The van der Waals surface area contributed by atoms with E-state index in [-0.39, 0.29) is 0 Å². The fourth-order valence-corrected chi connectivity index (χ4v) is 2.59. The van der Waals surface area contributed by atoms with E-state index in [0.717, 1.165) is 11.3 Å². The molecule has 0 saturated carbocycles. The molecule has 0 spiro atoms. The maximum Gasteiger partial charge on any atom is 0.187 e. The molecule has 4 aromatic rings. The molecular formula is C17H15N7O. The van der Waals surface area contributed by atoms with Crippen molar-refractivity contribution in [2.75, 3.05) is 12.8 Å². The zero-order valence-corrected chi connectivity index (χ0v) is 13.5. The maximum atomic E-state index is 6.08. The fraction of sp³-hybridized carbons (Fsp3) is 0.118. The van der Waals surface area contributed by atoms with E-state index in [1.54, 1.807) is 30.4 Å². The van der Waals surface area contributed by atoms with E-state index in [1.807, 2.05) is 30.5 Å². The van der Waals surface area contributed by atoms with Crippen LogP contribution in [0.15, 0.2) is 49.1 Å². The minimum absolute atomic E-state index is 0.358. The largest absolute Gasteiger partial charge is 0.496 e. The van der Waals surface area contributed by atoms with Crippen LogP contribution in [0.4, 0.5) is 5.82 Å². The standard InChI is InChI=1S/C17H15N7O/c1-25-14-5-3-2-4-11(14)9-24-10-12-15(18)21-17(22-16(12)23-24)13-8-19-6-7-20-13/h2-8,10H,9H2,1H3,(H2,18,21,22,23). The summed E-state index contributed by atoms with van der Waals surface area (Å²) in [4.78, 5) is 17.0. The number of hydrogen-bond donors (Lipinski definition) is 1. The van der Waals surface area contributed by atoms with E-state index in [1.165, 1.54) is 0 Å². The molecule has 25 heavy (non-hydrogen) atoms. The van der Waals surface area contributed by atoms with Crippen molar-refractivity contribution in [1.29, 1.82) is 0 Å². The van der Waals surface area contributed by atoms with Crippen molar-refractivity contribution in [2.24, 2.45) is 0 Å². The first kappa shape index (κ1) is 15.0. The number of rotatable bonds is 4. The van der Waals surface area contributed by atoms with Gasteiger partial charge in [-0.15, -0.1) is 0 Å². The Morgan fingerprint density at radius 2 is 2.04 bits per heavy atom. The first-order valence-corrected chi connectivity index (χ1v) is 7.63. The number of para-hydroxylation sites is 1. The van der Waals surface area contributed by atoms with E-state index in [4.69, 9.17) is 10.5 Å². The van der Waals surface area contributed by atoms with Gasteiger partial charge in [-0.05, 0) is 6.07 Å². The molecule has 2 N–H and O–H groups in total. The van der Waals surface area contributed by atoms with Crippen LogP contribution in [0.5, 0.6) is 5.75 Å². The summed E-state index contributed by atoms with van der Waals surface area (Å²) >= 11 is 0. The van der Waals surface area contributed by atoms with Crippen molar-refractivity contribution < 1.29 is 4.74 Å². The topological polar surface area (TPSA) is 105 Å². The van der Waals surface area contributed by atoms with Gasteiger partial charge >= 0.3 is 0 Å². The molecule has 0 radical (unpaired) electrons. The average Bonchev–Trinajstić information content (AvgIpc) is 3.06. The van der Waals surface area contributed by atoms with Gasteiger partial charge in [0.25, 0.3) is 0 Å². The molecule has 0 fully saturated rings. The SMILES string of the molecule is COc1ccccc1Cn1cc2c(N)nc(-c3cnccn3)nc2n1. The summed E-state index contributed by atoms with van der Waals surface area (Å²) in [5.74, 6) is 1.57. The Balaban J connectivity index is 1.74. The third kappa shape index (κ3) is 2.85. The molecule has 3 aromatic heterocycles. The highest BCUT2D eigenvalue weighted by Crippen LogP contribution is 2.23. The normalized spacial score (nSPS) is 10.9. The van der Waals surface area contributed by atoms with Gasteiger partial charge < -0.3 is 10.5 Å². The Hall–Kier alpha value is -3.55.